The molecule has 0 bridgehead atoms. The summed E-state index contributed by atoms with van der Waals surface area (Å²) in [5, 5.41) is 27.6. The van der Waals surface area contributed by atoms with Crippen molar-refractivity contribution in [3.05, 3.63) is 101 Å². The van der Waals surface area contributed by atoms with Crippen LogP contribution in [0, 0.1) is 23.8 Å². The molecule has 1 aliphatic rings. The molecule has 2 atom stereocenters. The van der Waals surface area contributed by atoms with Crippen LogP contribution in [0.1, 0.15) is 81.5 Å². The molecule has 42 heavy (non-hydrogen) atoms. The second-order valence-corrected chi connectivity index (χ2v) is 12.6. The Balaban J connectivity index is 1.55. The molecular weight excluding hydrogens is 534 g/mol. The summed E-state index contributed by atoms with van der Waals surface area (Å²) in [6.07, 6.45) is 4.96. The fourth-order valence-corrected chi connectivity index (χ4v) is 5.77. The Morgan fingerprint density at radius 2 is 1.67 bits per heavy atom. The lowest BCUT2D eigenvalue weighted by Crippen LogP contribution is -2.50. The minimum absolute atomic E-state index is 0.0428. The van der Waals surface area contributed by atoms with E-state index in [1.165, 1.54) is 18.6 Å². The summed E-state index contributed by atoms with van der Waals surface area (Å²) >= 11 is 0. The topological polar surface area (TPSA) is 81.6 Å². The number of hydrogen-bond donors (Lipinski definition) is 4. The fourth-order valence-electron chi connectivity index (χ4n) is 5.77. The summed E-state index contributed by atoms with van der Waals surface area (Å²) in [4.78, 5) is 10.9. The highest BCUT2D eigenvalue weighted by atomic mass is 19.1. The van der Waals surface area contributed by atoms with E-state index in [1.54, 1.807) is 0 Å². The van der Waals surface area contributed by atoms with Gasteiger partial charge in [0.05, 0.1) is 12.1 Å². The Morgan fingerprint density at radius 3 is 2.29 bits per heavy atom. The van der Waals surface area contributed by atoms with Crippen molar-refractivity contribution in [3.63, 3.8) is 0 Å². The fraction of sp³-hybridized carbons (Fsp3) is 0.457. The summed E-state index contributed by atoms with van der Waals surface area (Å²) in [5.74, 6) is -2.17. The highest BCUT2D eigenvalue weighted by Gasteiger charge is 2.35. The molecular formula is C35H42F2N2O3. The lowest BCUT2D eigenvalue weighted by molar-refractivity contribution is -0.136. The summed E-state index contributed by atoms with van der Waals surface area (Å²) in [5.41, 5.74) is 3.91. The van der Waals surface area contributed by atoms with Crippen LogP contribution >= 0.6 is 0 Å². The third-order valence-electron chi connectivity index (χ3n) is 8.23. The summed E-state index contributed by atoms with van der Waals surface area (Å²) < 4.78 is 28.1. The third-order valence-corrected chi connectivity index (χ3v) is 8.23. The van der Waals surface area contributed by atoms with Gasteiger partial charge in [-0.25, -0.2) is 8.78 Å². The lowest BCUT2D eigenvalue weighted by Gasteiger charge is -2.40. The highest BCUT2D eigenvalue weighted by Crippen LogP contribution is 2.38. The van der Waals surface area contributed by atoms with E-state index in [0.29, 0.717) is 12.0 Å². The normalized spacial score (nSPS) is 16.3. The first-order valence-electron chi connectivity index (χ1n) is 14.8. The zero-order valence-corrected chi connectivity index (χ0v) is 24.8. The Kier molecular flexibility index (Phi) is 10.2. The number of rotatable bonds is 12. The molecule has 3 aromatic rings. The minimum Gasteiger partial charge on any atom is -0.481 e. The van der Waals surface area contributed by atoms with Gasteiger partial charge in [0, 0.05) is 35.8 Å². The monoisotopic (exact) mass is 576 g/mol. The van der Waals surface area contributed by atoms with E-state index in [1.807, 2.05) is 30.3 Å². The van der Waals surface area contributed by atoms with E-state index in [4.69, 9.17) is 5.11 Å². The van der Waals surface area contributed by atoms with Gasteiger partial charge in [0.2, 0.25) is 0 Å². The van der Waals surface area contributed by atoms with Crippen LogP contribution < -0.4 is 10.6 Å². The number of carbonyl (C=O) groups is 1. The first kappa shape index (κ1) is 31.5. The molecule has 0 spiro atoms. The number of anilines is 1. The van der Waals surface area contributed by atoms with E-state index in [9.17, 15) is 18.7 Å². The molecule has 0 aromatic heterocycles. The average Bonchev–Trinajstić information content (AvgIpc) is 2.95. The van der Waals surface area contributed by atoms with Gasteiger partial charge in [-0.15, -0.1) is 0 Å². The molecule has 0 heterocycles. The van der Waals surface area contributed by atoms with Gasteiger partial charge in [0.15, 0.2) is 0 Å². The van der Waals surface area contributed by atoms with E-state index in [-0.39, 0.29) is 30.3 Å². The third kappa shape index (κ3) is 8.53. The first-order chi connectivity index (χ1) is 19.9. The summed E-state index contributed by atoms with van der Waals surface area (Å²) in [6, 6.07) is 20.9. The molecule has 0 aliphatic heterocycles. The number of aliphatic hydroxyl groups excluding tert-OH is 1. The number of halogens is 2. The molecule has 0 amide bonds. The van der Waals surface area contributed by atoms with Gasteiger partial charge in [-0.1, -0.05) is 64.3 Å². The SMILES string of the molecule is CC(C)(C)c1c#ccc(C2(NCC(O)C(Cc3cc(F)cc(F)c3)Nc3ccc(CCC(=O)O)cc3)CCCCC2)c1. The second kappa shape index (κ2) is 13.7. The predicted octanol–water partition coefficient (Wildman–Crippen LogP) is 6.71. The number of benzene rings is 2. The van der Waals surface area contributed by atoms with Crippen molar-refractivity contribution in [2.24, 2.45) is 0 Å². The van der Waals surface area contributed by atoms with E-state index < -0.39 is 29.7 Å². The van der Waals surface area contributed by atoms with Gasteiger partial charge in [-0.2, -0.15) is 0 Å². The lowest BCUT2D eigenvalue weighted by atomic mass is 9.75. The van der Waals surface area contributed by atoms with Crippen molar-refractivity contribution in [1.82, 2.24) is 5.32 Å². The maximum absolute atomic E-state index is 14.0. The molecule has 1 saturated carbocycles. The van der Waals surface area contributed by atoms with Crippen molar-refractivity contribution in [1.29, 1.82) is 0 Å². The van der Waals surface area contributed by atoms with Crippen molar-refractivity contribution in [2.45, 2.75) is 95.2 Å². The van der Waals surface area contributed by atoms with E-state index in [0.717, 1.165) is 54.1 Å². The van der Waals surface area contributed by atoms with Gasteiger partial charge in [-0.3, -0.25) is 4.79 Å². The van der Waals surface area contributed by atoms with Crippen LogP contribution in [0.15, 0.2) is 54.6 Å². The molecule has 5 nitrogen and oxygen atoms in total. The van der Waals surface area contributed by atoms with Gasteiger partial charge < -0.3 is 20.8 Å². The van der Waals surface area contributed by atoms with Crippen LogP contribution in [0.5, 0.6) is 0 Å². The van der Waals surface area contributed by atoms with E-state index in [2.05, 4.69) is 49.6 Å². The largest absolute Gasteiger partial charge is 0.481 e. The molecule has 7 heteroatoms. The number of aliphatic hydroxyl groups is 1. The number of aliphatic carboxylic acids is 1. The van der Waals surface area contributed by atoms with Crippen LogP contribution in [0.3, 0.4) is 0 Å². The van der Waals surface area contributed by atoms with Gasteiger partial charge in [-0.05, 0) is 84.2 Å². The molecule has 4 N–H and O–H groups in total. The average molecular weight is 577 g/mol. The summed E-state index contributed by atoms with van der Waals surface area (Å²) in [7, 11) is 0. The quantitative estimate of drug-likeness (QED) is 0.193. The van der Waals surface area contributed by atoms with Crippen LogP contribution in [0.25, 0.3) is 0 Å². The molecule has 1 aliphatic carbocycles. The zero-order chi connectivity index (χ0) is 30.3. The molecule has 4 rings (SSSR count). The number of hydrogen-bond acceptors (Lipinski definition) is 4. The molecule has 0 radical (unpaired) electrons. The molecule has 3 aromatic carbocycles. The number of nitrogens with one attached hydrogen (secondary N) is 2. The standard InChI is InChI=1S/C35H42F2N2O3/c1-34(2,3)26-8-7-9-27(21-26)35(16-5-4-6-17-35)38-23-32(40)31(20-25-18-28(36)22-29(37)19-25)39-30-13-10-24(11-14-30)12-15-33(41)42/h9-11,13-14,18-19,21-22,31-32,38-40H,4-6,12,15-17,20,23H2,1-3H3,(H,41,42). The predicted molar refractivity (Wildman–Crippen MR) is 161 cm³/mol. The van der Waals surface area contributed by atoms with Gasteiger partial charge in [0.25, 0.3) is 0 Å². The van der Waals surface area contributed by atoms with E-state index >= 15 is 0 Å². The first-order valence-corrected chi connectivity index (χ1v) is 14.8. The highest BCUT2D eigenvalue weighted by molar-refractivity contribution is 5.67. The van der Waals surface area contributed by atoms with Crippen LogP contribution in [0.4, 0.5) is 14.5 Å². The molecule has 1 fully saturated rings. The van der Waals surface area contributed by atoms with Crippen molar-refractivity contribution < 1.29 is 23.8 Å². The second-order valence-electron chi connectivity index (χ2n) is 12.6. The minimum atomic E-state index is -0.886. The molecule has 0 saturated heterocycles. The number of carboxylic acid groups (broad SMARTS) is 1. The number of aryl methyl sites for hydroxylation is 1. The molecule has 2 unspecified atom stereocenters. The Bertz CT molecular complexity index is 1310. The number of carboxylic acids is 1. The Morgan fingerprint density at radius 1 is 1.00 bits per heavy atom. The maximum Gasteiger partial charge on any atom is 0.303 e. The Hall–Kier alpha value is -3.47. The zero-order valence-electron chi connectivity index (χ0n) is 24.8. The molecule has 224 valence electrons. The summed E-state index contributed by atoms with van der Waals surface area (Å²) in [6.45, 7) is 6.75. The van der Waals surface area contributed by atoms with Crippen LogP contribution in [0.2, 0.25) is 0 Å². The van der Waals surface area contributed by atoms with Crippen LogP contribution in [-0.2, 0) is 28.6 Å². The van der Waals surface area contributed by atoms with Gasteiger partial charge in [0.1, 0.15) is 11.6 Å². The van der Waals surface area contributed by atoms with Crippen molar-refractivity contribution >= 4 is 11.7 Å². The Labute approximate surface area is 248 Å². The smallest absolute Gasteiger partial charge is 0.303 e. The van der Waals surface area contributed by atoms with Crippen LogP contribution in [-0.4, -0.2) is 34.9 Å². The van der Waals surface area contributed by atoms with Gasteiger partial charge >= 0.3 is 5.97 Å². The van der Waals surface area contributed by atoms with Crippen molar-refractivity contribution in [3.8, 4) is 0 Å². The van der Waals surface area contributed by atoms with Crippen molar-refractivity contribution in [2.75, 3.05) is 11.9 Å². The maximum atomic E-state index is 14.0.